The van der Waals surface area contributed by atoms with Crippen LogP contribution in [0.1, 0.15) is 26.4 Å². The third kappa shape index (κ3) is 7.28. The summed E-state index contributed by atoms with van der Waals surface area (Å²) in [6.45, 7) is -2.40. The molecule has 0 aliphatic rings. The van der Waals surface area contributed by atoms with Crippen LogP contribution in [0.2, 0.25) is 0 Å². The van der Waals surface area contributed by atoms with Crippen molar-refractivity contribution in [2.75, 3.05) is 0 Å². The molecule has 0 aliphatic carbocycles. The second kappa shape index (κ2) is 14.9. The quantitative estimate of drug-likeness (QED) is 0.157. The molecular weight excluding hydrogens is 755 g/mol. The Kier molecular flexibility index (Phi) is 7.62. The maximum atomic E-state index is 8.69. The van der Waals surface area contributed by atoms with E-state index in [0.717, 1.165) is 16.8 Å². The smallest absolute Gasteiger partial charge is 0.216 e. The van der Waals surface area contributed by atoms with Gasteiger partial charge in [-0.3, -0.25) is 0 Å². The summed E-state index contributed by atoms with van der Waals surface area (Å²) in [7, 11) is 0. The van der Waals surface area contributed by atoms with Gasteiger partial charge in [-0.05, 0) is 65.9 Å². The van der Waals surface area contributed by atoms with Crippen LogP contribution in [0.4, 0.5) is 0 Å². The summed E-state index contributed by atoms with van der Waals surface area (Å²) in [5.74, 6) is 0. The largest absolute Gasteiger partial charge is 0.486 e. The Morgan fingerprint density at radius 2 is 1.53 bits per heavy atom. The van der Waals surface area contributed by atoms with Gasteiger partial charge in [0.2, 0.25) is 5.71 Å². The monoisotopic (exact) mass is 793 g/mol. The summed E-state index contributed by atoms with van der Waals surface area (Å²) in [5.41, 5.74) is 4.78. The Bertz CT molecular complexity index is 2460. The molecule has 0 fully saturated rings. The van der Waals surface area contributed by atoms with Gasteiger partial charge in [0.15, 0.2) is 0 Å². The van der Waals surface area contributed by atoms with Gasteiger partial charge in [-0.2, -0.15) is 0 Å². The number of aryl methyl sites for hydroxylation is 3. The van der Waals surface area contributed by atoms with E-state index in [4.69, 9.17) is 14.0 Å². The molecular formula is C42H31IrN3O-2. The van der Waals surface area contributed by atoms with Crippen molar-refractivity contribution in [3.05, 3.63) is 175 Å². The van der Waals surface area contributed by atoms with Crippen molar-refractivity contribution >= 4 is 22.1 Å². The molecule has 231 valence electrons. The summed E-state index contributed by atoms with van der Waals surface area (Å²) in [6, 6.07) is 45.4. The van der Waals surface area contributed by atoms with E-state index in [1.54, 1.807) is 54.7 Å². The maximum Gasteiger partial charge on any atom is 0.216 e. The molecule has 4 aromatic carbocycles. The molecule has 8 rings (SSSR count). The molecule has 0 aliphatic heterocycles. The average molecular weight is 793 g/mol. The van der Waals surface area contributed by atoms with Gasteiger partial charge in [0, 0.05) is 58.7 Å². The van der Waals surface area contributed by atoms with Crippen molar-refractivity contribution in [1.29, 1.82) is 0 Å². The van der Waals surface area contributed by atoms with Crippen molar-refractivity contribution in [1.82, 2.24) is 15.0 Å². The first-order chi connectivity index (χ1) is 25.4. The van der Waals surface area contributed by atoms with E-state index in [-0.39, 0.29) is 42.6 Å². The van der Waals surface area contributed by atoms with E-state index in [0.29, 0.717) is 33.2 Å². The Labute approximate surface area is 298 Å². The number of hydrogen-bond donors (Lipinski definition) is 0. The molecule has 0 atom stereocenters. The molecule has 0 spiro atoms. The van der Waals surface area contributed by atoms with Gasteiger partial charge in [0.1, 0.15) is 0 Å². The second-order valence-corrected chi connectivity index (χ2v) is 10.3. The molecule has 4 nitrogen and oxygen atoms in total. The van der Waals surface area contributed by atoms with E-state index in [9.17, 15) is 0 Å². The van der Waals surface area contributed by atoms with Crippen LogP contribution in [0, 0.1) is 19.0 Å². The Hall–Kier alpha value is -5.22. The molecule has 8 aromatic rings. The van der Waals surface area contributed by atoms with Crippen LogP contribution in [0.25, 0.3) is 55.7 Å². The Morgan fingerprint density at radius 1 is 0.723 bits per heavy atom. The molecule has 0 bridgehead atoms. The van der Waals surface area contributed by atoms with Gasteiger partial charge in [-0.15, -0.1) is 54.1 Å². The predicted octanol–water partition coefficient (Wildman–Crippen LogP) is 10.2. The fourth-order valence-electron chi connectivity index (χ4n) is 5.05. The summed E-state index contributed by atoms with van der Waals surface area (Å²) in [5, 5.41) is 1.27. The minimum atomic E-state index is -2.47. The molecule has 0 saturated carbocycles. The molecule has 1 radical (unpaired) electrons. The number of hydrogen-bond acceptors (Lipinski definition) is 4. The number of benzene rings is 4. The van der Waals surface area contributed by atoms with Crippen LogP contribution < -0.4 is 0 Å². The molecule has 0 unspecified atom stereocenters. The molecule has 0 N–H and O–H groups in total. The predicted molar refractivity (Wildman–Crippen MR) is 186 cm³/mol. The zero-order chi connectivity index (χ0) is 37.2. The molecule has 4 aromatic heterocycles. The standard InChI is InChI=1S/C31H23N2O.C11H8N.Ir/c1-21-19-29(32-20-28(21)23-11-6-3-7-12-23)27-14-8-13-25-26-18-17-24(33-31(26)34-30(25)27)16-15-22-9-4-2-5-10-22;1-2-6-10(7-3-1)11-8-4-5-9-12-11;/h2-13,17-20H,15-16H2,1H3;1-6,8-9H;/q2*-1;/i1D3,15D2,16D2;;. The third-order valence-electron chi connectivity index (χ3n) is 7.30. The van der Waals surface area contributed by atoms with E-state index < -0.39 is 19.6 Å². The van der Waals surface area contributed by atoms with Gasteiger partial charge >= 0.3 is 0 Å². The van der Waals surface area contributed by atoms with Crippen LogP contribution in [0.5, 0.6) is 0 Å². The number of nitrogens with zero attached hydrogens (tertiary/aromatic N) is 3. The average Bonchev–Trinajstić information content (AvgIpc) is 3.57. The Morgan fingerprint density at radius 3 is 2.30 bits per heavy atom. The SMILES string of the molecule is [2H]C([2H])([2H])c1cc(-c2[c-]ccc3c2oc2nc(C([2H])([2H])C([2H])([2H])c4ccccc4)ccc23)ncc1-c1ccccc1.[Ir].[c-]1ccccc1-c1ccccn1. The zero-order valence-corrected chi connectivity index (χ0v) is 27.3. The minimum Gasteiger partial charge on any atom is -0.486 e. The fourth-order valence-corrected chi connectivity index (χ4v) is 5.05. The summed E-state index contributed by atoms with van der Waals surface area (Å²) in [6.07, 6.45) is -1.51. The summed E-state index contributed by atoms with van der Waals surface area (Å²) >= 11 is 0. The van der Waals surface area contributed by atoms with Crippen LogP contribution in [-0.2, 0) is 32.9 Å². The molecule has 5 heteroatoms. The topological polar surface area (TPSA) is 51.8 Å². The minimum absolute atomic E-state index is 0. The van der Waals surface area contributed by atoms with E-state index in [2.05, 4.69) is 27.1 Å². The van der Waals surface area contributed by atoms with Crippen molar-refractivity contribution in [3.8, 4) is 33.6 Å². The zero-order valence-electron chi connectivity index (χ0n) is 31.9. The number of furan rings is 1. The second-order valence-electron chi connectivity index (χ2n) is 10.3. The maximum absolute atomic E-state index is 8.69. The van der Waals surface area contributed by atoms with Crippen LogP contribution in [0.15, 0.2) is 150 Å². The van der Waals surface area contributed by atoms with Crippen molar-refractivity contribution in [2.45, 2.75) is 19.6 Å². The molecule has 47 heavy (non-hydrogen) atoms. The van der Waals surface area contributed by atoms with Crippen molar-refractivity contribution in [2.24, 2.45) is 0 Å². The van der Waals surface area contributed by atoms with Crippen LogP contribution >= 0.6 is 0 Å². The van der Waals surface area contributed by atoms with Gasteiger partial charge in [0.25, 0.3) is 0 Å². The number of fused-ring (bicyclic) bond motifs is 3. The number of rotatable bonds is 6. The van der Waals surface area contributed by atoms with E-state index >= 15 is 0 Å². The fraction of sp³-hybridized carbons (Fsp3) is 0.0714. The van der Waals surface area contributed by atoms with Gasteiger partial charge in [0.05, 0.1) is 5.58 Å². The first-order valence-corrected chi connectivity index (χ1v) is 14.7. The number of pyridine rings is 3. The summed E-state index contributed by atoms with van der Waals surface area (Å²) < 4.78 is 65.1. The van der Waals surface area contributed by atoms with Crippen molar-refractivity contribution in [3.63, 3.8) is 0 Å². The molecule has 0 amide bonds. The van der Waals surface area contributed by atoms with E-state index in [1.807, 2.05) is 72.8 Å². The third-order valence-corrected chi connectivity index (χ3v) is 7.30. The first-order valence-electron chi connectivity index (χ1n) is 18.2. The summed E-state index contributed by atoms with van der Waals surface area (Å²) in [4.78, 5) is 13.2. The Balaban J connectivity index is 0.000000324. The molecule has 4 heterocycles. The normalized spacial score (nSPS) is 13.7. The van der Waals surface area contributed by atoms with Gasteiger partial charge < -0.3 is 14.4 Å². The van der Waals surface area contributed by atoms with Crippen molar-refractivity contribution < 1.29 is 34.1 Å². The van der Waals surface area contributed by atoms with Gasteiger partial charge in [-0.1, -0.05) is 89.8 Å². The van der Waals surface area contributed by atoms with Gasteiger partial charge in [-0.25, -0.2) is 4.98 Å². The van der Waals surface area contributed by atoms with E-state index in [1.165, 1.54) is 18.3 Å². The number of aromatic nitrogens is 3. The van der Waals surface area contributed by atoms with Crippen LogP contribution in [-0.4, -0.2) is 15.0 Å². The van der Waals surface area contributed by atoms with Crippen LogP contribution in [0.3, 0.4) is 0 Å². The molecule has 0 saturated heterocycles. The first kappa shape index (κ1) is 24.0.